The number of rotatable bonds is 3. The summed E-state index contributed by atoms with van der Waals surface area (Å²) < 4.78 is 1.85. The second kappa shape index (κ2) is 7.63. The van der Waals surface area contributed by atoms with Crippen LogP contribution in [0.15, 0.2) is 109 Å². The third-order valence-electron chi connectivity index (χ3n) is 5.75. The summed E-state index contributed by atoms with van der Waals surface area (Å²) in [4.78, 5) is 4.90. The Labute approximate surface area is 190 Å². The van der Waals surface area contributed by atoms with Gasteiger partial charge < -0.3 is 0 Å². The van der Waals surface area contributed by atoms with Crippen LogP contribution in [-0.2, 0) is 0 Å². The largest absolute Gasteiger partial charge is 0.220 e. The highest BCUT2D eigenvalue weighted by atomic mass is 35.5. The first-order chi connectivity index (χ1) is 15.8. The van der Waals surface area contributed by atoms with Crippen LogP contribution in [0.5, 0.6) is 0 Å². The number of aromatic nitrogens is 3. The van der Waals surface area contributed by atoms with Crippen molar-refractivity contribution in [2.45, 2.75) is 0 Å². The lowest BCUT2D eigenvalue weighted by atomic mass is 9.97. The molecule has 2 heterocycles. The number of halogens is 1. The summed E-state index contributed by atoms with van der Waals surface area (Å²) >= 11 is 6.43. The molecule has 4 aromatic carbocycles. The Morgan fingerprint density at radius 2 is 1.31 bits per heavy atom. The minimum atomic E-state index is 0.702. The molecule has 0 aliphatic carbocycles. The highest BCUT2D eigenvalue weighted by Crippen LogP contribution is 2.34. The smallest absolute Gasteiger partial charge is 0.182 e. The summed E-state index contributed by atoms with van der Waals surface area (Å²) in [7, 11) is 0. The van der Waals surface area contributed by atoms with Gasteiger partial charge in [0.1, 0.15) is 0 Å². The lowest BCUT2D eigenvalue weighted by Crippen LogP contribution is -1.89. The Bertz CT molecular complexity index is 1590. The standard InChI is InChI=1S/C28H18ClN3/c29-26-16-6-13-24-22(12-5-14-25(24)26)20-10-4-11-21(18-20)27-30-28-23(15-7-17-32(28)31-27)19-8-2-1-3-9-19/h1-18H. The van der Waals surface area contributed by atoms with Gasteiger partial charge in [-0.1, -0.05) is 90.5 Å². The van der Waals surface area contributed by atoms with E-state index in [4.69, 9.17) is 21.7 Å². The molecule has 0 aliphatic rings. The van der Waals surface area contributed by atoms with E-state index in [2.05, 4.69) is 60.7 Å². The van der Waals surface area contributed by atoms with Crippen LogP contribution in [0.2, 0.25) is 5.02 Å². The highest BCUT2D eigenvalue weighted by Gasteiger charge is 2.13. The van der Waals surface area contributed by atoms with Gasteiger partial charge in [0.2, 0.25) is 0 Å². The van der Waals surface area contributed by atoms with E-state index in [0.717, 1.165) is 49.3 Å². The van der Waals surface area contributed by atoms with Crippen LogP contribution >= 0.6 is 11.6 Å². The molecule has 4 heteroatoms. The SMILES string of the molecule is Clc1cccc2c(-c3cccc(-c4nc5c(-c6ccccc6)cccn5n4)c3)cccc12. The second-order valence-electron chi connectivity index (χ2n) is 7.71. The number of hydrogen-bond donors (Lipinski definition) is 0. The Morgan fingerprint density at radius 1 is 0.594 bits per heavy atom. The van der Waals surface area contributed by atoms with Gasteiger partial charge in [-0.3, -0.25) is 0 Å². The molecule has 0 saturated carbocycles. The van der Waals surface area contributed by atoms with Crippen LogP contribution in [0.1, 0.15) is 0 Å². The normalized spacial score (nSPS) is 11.3. The predicted molar refractivity (Wildman–Crippen MR) is 132 cm³/mol. The van der Waals surface area contributed by atoms with Crippen LogP contribution in [0.4, 0.5) is 0 Å². The Balaban J connectivity index is 1.49. The Kier molecular flexibility index (Phi) is 4.48. The molecular formula is C28H18ClN3. The molecule has 0 spiro atoms. The molecule has 32 heavy (non-hydrogen) atoms. The van der Waals surface area contributed by atoms with Gasteiger partial charge in [-0.05, 0) is 46.3 Å². The van der Waals surface area contributed by atoms with Crippen LogP contribution in [-0.4, -0.2) is 14.6 Å². The molecule has 0 unspecified atom stereocenters. The monoisotopic (exact) mass is 431 g/mol. The van der Waals surface area contributed by atoms with E-state index in [-0.39, 0.29) is 0 Å². The molecule has 0 bridgehead atoms. The molecule has 6 aromatic rings. The van der Waals surface area contributed by atoms with Crippen molar-refractivity contribution in [2.75, 3.05) is 0 Å². The van der Waals surface area contributed by atoms with Crippen molar-refractivity contribution in [1.82, 2.24) is 14.6 Å². The third-order valence-corrected chi connectivity index (χ3v) is 6.08. The molecule has 0 amide bonds. The van der Waals surface area contributed by atoms with Crippen molar-refractivity contribution in [3.05, 3.63) is 114 Å². The fourth-order valence-electron chi connectivity index (χ4n) is 4.22. The molecule has 0 N–H and O–H groups in total. The van der Waals surface area contributed by atoms with Gasteiger partial charge in [0.25, 0.3) is 0 Å². The van der Waals surface area contributed by atoms with Crippen molar-refractivity contribution in [1.29, 1.82) is 0 Å². The van der Waals surface area contributed by atoms with E-state index in [0.29, 0.717) is 5.82 Å². The number of pyridine rings is 1. The van der Waals surface area contributed by atoms with E-state index in [1.165, 1.54) is 0 Å². The second-order valence-corrected chi connectivity index (χ2v) is 8.12. The van der Waals surface area contributed by atoms with Gasteiger partial charge >= 0.3 is 0 Å². The third kappa shape index (κ3) is 3.15. The molecule has 3 nitrogen and oxygen atoms in total. The number of benzene rings is 4. The Hall–Kier alpha value is -3.95. The minimum absolute atomic E-state index is 0.702. The number of nitrogens with zero attached hydrogens (tertiary/aromatic N) is 3. The molecule has 0 saturated heterocycles. The highest BCUT2D eigenvalue weighted by molar-refractivity contribution is 6.35. The van der Waals surface area contributed by atoms with Gasteiger partial charge in [0.05, 0.1) is 0 Å². The molecule has 0 aliphatic heterocycles. The maximum absolute atomic E-state index is 6.43. The van der Waals surface area contributed by atoms with E-state index in [1.54, 1.807) is 0 Å². The van der Waals surface area contributed by atoms with Gasteiger partial charge in [0, 0.05) is 27.7 Å². The fraction of sp³-hybridized carbons (Fsp3) is 0. The van der Waals surface area contributed by atoms with Gasteiger partial charge in [-0.15, -0.1) is 5.10 Å². The van der Waals surface area contributed by atoms with Crippen molar-refractivity contribution in [2.24, 2.45) is 0 Å². The molecule has 0 atom stereocenters. The van der Waals surface area contributed by atoms with Crippen LogP contribution in [0.25, 0.3) is 50.1 Å². The topological polar surface area (TPSA) is 30.2 Å². The predicted octanol–water partition coefficient (Wildman–Crippen LogP) is 7.54. The molecular weight excluding hydrogens is 414 g/mol. The Morgan fingerprint density at radius 3 is 2.22 bits per heavy atom. The first-order valence-corrected chi connectivity index (χ1v) is 10.8. The summed E-state index contributed by atoms with van der Waals surface area (Å²) in [5, 5.41) is 7.71. The van der Waals surface area contributed by atoms with Crippen molar-refractivity contribution in [3.8, 4) is 33.6 Å². The lowest BCUT2D eigenvalue weighted by Gasteiger charge is -2.09. The average Bonchev–Trinajstić information content (AvgIpc) is 3.29. The zero-order valence-corrected chi connectivity index (χ0v) is 17.9. The van der Waals surface area contributed by atoms with Gasteiger partial charge in [0.15, 0.2) is 11.5 Å². The quantitative estimate of drug-likeness (QED) is 0.289. The van der Waals surface area contributed by atoms with E-state index < -0.39 is 0 Å². The molecule has 6 rings (SSSR count). The van der Waals surface area contributed by atoms with E-state index >= 15 is 0 Å². The number of fused-ring (bicyclic) bond motifs is 2. The number of hydrogen-bond acceptors (Lipinski definition) is 2. The maximum Gasteiger partial charge on any atom is 0.182 e. The van der Waals surface area contributed by atoms with Crippen LogP contribution in [0.3, 0.4) is 0 Å². The minimum Gasteiger partial charge on any atom is -0.220 e. The maximum atomic E-state index is 6.43. The van der Waals surface area contributed by atoms with Crippen LogP contribution in [0, 0.1) is 0 Å². The molecule has 0 radical (unpaired) electrons. The zero-order valence-electron chi connectivity index (χ0n) is 17.1. The molecule has 152 valence electrons. The van der Waals surface area contributed by atoms with Gasteiger partial charge in [-0.25, -0.2) is 9.50 Å². The molecule has 0 fully saturated rings. The average molecular weight is 432 g/mol. The van der Waals surface area contributed by atoms with Crippen LogP contribution < -0.4 is 0 Å². The zero-order chi connectivity index (χ0) is 21.5. The summed E-state index contributed by atoms with van der Waals surface area (Å²) in [5.74, 6) is 0.702. The van der Waals surface area contributed by atoms with Crippen molar-refractivity contribution >= 4 is 28.0 Å². The molecule has 2 aromatic heterocycles. The first kappa shape index (κ1) is 18.8. The van der Waals surface area contributed by atoms with Gasteiger partial charge in [-0.2, -0.15) is 0 Å². The van der Waals surface area contributed by atoms with E-state index in [1.807, 2.05) is 53.2 Å². The summed E-state index contributed by atoms with van der Waals surface area (Å²) in [6.45, 7) is 0. The fourth-order valence-corrected chi connectivity index (χ4v) is 4.46. The van der Waals surface area contributed by atoms with E-state index in [9.17, 15) is 0 Å². The summed E-state index contributed by atoms with van der Waals surface area (Å²) in [6.07, 6.45) is 1.94. The first-order valence-electron chi connectivity index (χ1n) is 10.5. The van der Waals surface area contributed by atoms with Crippen molar-refractivity contribution < 1.29 is 0 Å². The summed E-state index contributed by atoms with van der Waals surface area (Å²) in [5.41, 5.74) is 6.25. The summed E-state index contributed by atoms with van der Waals surface area (Å²) in [6, 6.07) is 35.0. The lowest BCUT2D eigenvalue weighted by molar-refractivity contribution is 0.967. The van der Waals surface area contributed by atoms with Crippen molar-refractivity contribution in [3.63, 3.8) is 0 Å².